The van der Waals surface area contributed by atoms with Gasteiger partial charge in [0.05, 0.1) is 32.2 Å². The third-order valence-corrected chi connectivity index (χ3v) is 7.32. The summed E-state index contributed by atoms with van der Waals surface area (Å²) in [5.41, 5.74) is 4.00. The monoisotopic (exact) mass is 368 g/mol. The summed E-state index contributed by atoms with van der Waals surface area (Å²) >= 11 is 0. The van der Waals surface area contributed by atoms with E-state index in [1.807, 2.05) is 6.07 Å². The van der Waals surface area contributed by atoms with Gasteiger partial charge in [0.25, 0.3) is 0 Å². The maximum Gasteiger partial charge on any atom is 0.171 e. The highest BCUT2D eigenvalue weighted by Crippen LogP contribution is 2.59. The molecule has 5 heteroatoms. The molecule has 3 atom stereocenters. The second-order valence-electron chi connectivity index (χ2n) is 8.29. The summed E-state index contributed by atoms with van der Waals surface area (Å²) in [5.74, 6) is 1.27. The normalized spacial score (nSPS) is 31.5. The Morgan fingerprint density at radius 2 is 2.04 bits per heavy atom. The lowest BCUT2D eigenvalue weighted by Gasteiger charge is -2.55. The lowest BCUT2D eigenvalue weighted by Crippen LogP contribution is -2.57. The number of hydrogen-bond acceptors (Lipinski definition) is 4. The van der Waals surface area contributed by atoms with E-state index in [1.165, 1.54) is 16.8 Å². The molecule has 5 nitrogen and oxygen atoms in total. The number of nitrogens with zero attached hydrogens (tertiary/aromatic N) is 2. The molecule has 0 N–H and O–H groups in total. The second-order valence-corrected chi connectivity index (χ2v) is 8.29. The largest absolute Gasteiger partial charge is 0.497 e. The molecule has 1 aromatic heterocycles. The molecule has 2 heterocycles. The van der Waals surface area contributed by atoms with Crippen LogP contribution in [0.4, 0.5) is 0 Å². The standard InChI is InChI=1S/C22H28N2O3/c1-15-19-8-7-16-14-23-24(2)20(16)21(19,9-10-22(15)26-11-12-27-22)17-5-4-6-18(13-17)25-3/h4-6,13-15,19H,7-12H2,1-3H3. The average molecular weight is 368 g/mol. The maximum absolute atomic E-state index is 6.20. The van der Waals surface area contributed by atoms with Gasteiger partial charge in [0, 0.05) is 24.8 Å². The van der Waals surface area contributed by atoms with Gasteiger partial charge in [-0.1, -0.05) is 19.1 Å². The Morgan fingerprint density at radius 3 is 2.81 bits per heavy atom. The summed E-state index contributed by atoms with van der Waals surface area (Å²) in [4.78, 5) is 0. The van der Waals surface area contributed by atoms with Crippen molar-refractivity contribution >= 4 is 0 Å². The zero-order valence-electron chi connectivity index (χ0n) is 16.4. The zero-order chi connectivity index (χ0) is 18.6. The SMILES string of the molecule is COc1cccc(C23CCC4(OCCO4)C(C)C2CCc2cnn(C)c23)c1. The van der Waals surface area contributed by atoms with E-state index in [2.05, 4.69) is 48.1 Å². The predicted molar refractivity (Wildman–Crippen MR) is 102 cm³/mol. The van der Waals surface area contributed by atoms with Crippen LogP contribution >= 0.6 is 0 Å². The minimum absolute atomic E-state index is 0.0760. The minimum atomic E-state index is -0.414. The van der Waals surface area contributed by atoms with E-state index in [9.17, 15) is 0 Å². The quantitative estimate of drug-likeness (QED) is 0.814. The number of aryl methyl sites for hydroxylation is 2. The van der Waals surface area contributed by atoms with E-state index >= 15 is 0 Å². The first-order chi connectivity index (χ1) is 13.1. The number of rotatable bonds is 2. The van der Waals surface area contributed by atoms with Crippen molar-refractivity contribution in [2.75, 3.05) is 20.3 Å². The molecule has 1 spiro atoms. The molecule has 1 saturated carbocycles. The third-order valence-electron chi connectivity index (χ3n) is 7.32. The molecule has 144 valence electrons. The number of ether oxygens (including phenoxy) is 3. The van der Waals surface area contributed by atoms with Gasteiger partial charge in [-0.15, -0.1) is 0 Å². The molecule has 27 heavy (non-hydrogen) atoms. The molecule has 2 aromatic rings. The van der Waals surface area contributed by atoms with E-state index in [-0.39, 0.29) is 5.41 Å². The molecule has 3 unspecified atom stereocenters. The predicted octanol–water partition coefficient (Wildman–Crippen LogP) is 3.45. The number of fused-ring (bicyclic) bond motifs is 3. The van der Waals surface area contributed by atoms with Crippen LogP contribution in [0.5, 0.6) is 5.75 Å². The van der Waals surface area contributed by atoms with Crippen molar-refractivity contribution in [3.8, 4) is 5.75 Å². The Hall–Kier alpha value is -1.85. The van der Waals surface area contributed by atoms with Gasteiger partial charge < -0.3 is 14.2 Å². The van der Waals surface area contributed by atoms with Crippen molar-refractivity contribution in [3.05, 3.63) is 47.3 Å². The van der Waals surface area contributed by atoms with Gasteiger partial charge in [-0.05, 0) is 48.4 Å². The van der Waals surface area contributed by atoms with Crippen molar-refractivity contribution in [2.24, 2.45) is 18.9 Å². The van der Waals surface area contributed by atoms with Crippen molar-refractivity contribution in [1.29, 1.82) is 0 Å². The first-order valence-electron chi connectivity index (χ1n) is 10.0. The topological polar surface area (TPSA) is 45.5 Å². The molecule has 3 aliphatic rings. The number of aromatic nitrogens is 2. The lowest BCUT2D eigenvalue weighted by molar-refractivity contribution is -0.233. The fourth-order valence-corrected chi connectivity index (χ4v) is 6.13. The fraction of sp³-hybridized carbons (Fsp3) is 0.591. The van der Waals surface area contributed by atoms with Crippen molar-refractivity contribution < 1.29 is 14.2 Å². The average Bonchev–Trinajstić information content (AvgIpc) is 3.33. The van der Waals surface area contributed by atoms with Crippen LogP contribution in [0, 0.1) is 11.8 Å². The van der Waals surface area contributed by atoms with Crippen molar-refractivity contribution in [2.45, 2.75) is 43.8 Å². The second kappa shape index (κ2) is 6.08. The molecule has 1 saturated heterocycles. The first-order valence-corrected chi connectivity index (χ1v) is 10.0. The van der Waals surface area contributed by atoms with E-state index in [4.69, 9.17) is 14.2 Å². The van der Waals surface area contributed by atoms with Crippen LogP contribution in [0.2, 0.25) is 0 Å². The molecule has 1 aromatic carbocycles. The maximum atomic E-state index is 6.20. The van der Waals surface area contributed by atoms with Gasteiger partial charge in [-0.3, -0.25) is 4.68 Å². The molecule has 1 aliphatic heterocycles. The zero-order valence-corrected chi connectivity index (χ0v) is 16.4. The van der Waals surface area contributed by atoms with Gasteiger partial charge in [-0.2, -0.15) is 5.10 Å². The van der Waals surface area contributed by atoms with E-state index in [0.29, 0.717) is 25.0 Å². The van der Waals surface area contributed by atoms with Crippen LogP contribution in [-0.4, -0.2) is 35.9 Å². The van der Waals surface area contributed by atoms with E-state index < -0.39 is 5.79 Å². The highest BCUT2D eigenvalue weighted by atomic mass is 16.7. The highest BCUT2D eigenvalue weighted by molar-refractivity contribution is 5.46. The lowest BCUT2D eigenvalue weighted by atomic mass is 9.52. The molecule has 0 bridgehead atoms. The van der Waals surface area contributed by atoms with Crippen LogP contribution < -0.4 is 4.74 Å². The molecule has 0 radical (unpaired) electrons. The summed E-state index contributed by atoms with van der Waals surface area (Å²) in [5, 5.41) is 4.64. The van der Waals surface area contributed by atoms with E-state index in [0.717, 1.165) is 31.4 Å². The summed E-state index contributed by atoms with van der Waals surface area (Å²) in [6.07, 6.45) is 6.17. The molecule has 2 aliphatic carbocycles. The van der Waals surface area contributed by atoms with Gasteiger partial charge in [0.15, 0.2) is 5.79 Å². The van der Waals surface area contributed by atoms with Crippen molar-refractivity contribution in [3.63, 3.8) is 0 Å². The van der Waals surface area contributed by atoms with Gasteiger partial charge in [-0.25, -0.2) is 0 Å². The number of methoxy groups -OCH3 is 1. The van der Waals surface area contributed by atoms with Gasteiger partial charge >= 0.3 is 0 Å². The summed E-state index contributed by atoms with van der Waals surface area (Å²) in [6, 6.07) is 8.62. The van der Waals surface area contributed by atoms with Crippen LogP contribution in [0.1, 0.15) is 43.0 Å². The Kier molecular flexibility index (Phi) is 3.89. The van der Waals surface area contributed by atoms with Crippen LogP contribution in [-0.2, 0) is 28.4 Å². The van der Waals surface area contributed by atoms with E-state index in [1.54, 1.807) is 7.11 Å². The summed E-state index contributed by atoms with van der Waals surface area (Å²) in [6.45, 7) is 3.74. The van der Waals surface area contributed by atoms with Crippen molar-refractivity contribution in [1.82, 2.24) is 9.78 Å². The number of benzene rings is 1. The molecular formula is C22H28N2O3. The Labute approximate surface area is 160 Å². The summed E-state index contributed by atoms with van der Waals surface area (Å²) < 4.78 is 20.1. The molecular weight excluding hydrogens is 340 g/mol. The smallest absolute Gasteiger partial charge is 0.171 e. The van der Waals surface area contributed by atoms with Crippen LogP contribution in [0.25, 0.3) is 0 Å². The Morgan fingerprint density at radius 1 is 1.22 bits per heavy atom. The van der Waals surface area contributed by atoms with Crippen LogP contribution in [0.15, 0.2) is 30.5 Å². The van der Waals surface area contributed by atoms with Gasteiger partial charge in [0.2, 0.25) is 0 Å². The highest BCUT2D eigenvalue weighted by Gasteiger charge is 2.60. The first kappa shape index (κ1) is 17.3. The minimum Gasteiger partial charge on any atom is -0.497 e. The Bertz CT molecular complexity index is 855. The summed E-state index contributed by atoms with van der Waals surface area (Å²) in [7, 11) is 3.82. The molecule has 2 fully saturated rings. The Balaban J connectivity index is 1.71. The number of hydrogen-bond donors (Lipinski definition) is 0. The van der Waals surface area contributed by atoms with Gasteiger partial charge in [0.1, 0.15) is 5.75 Å². The van der Waals surface area contributed by atoms with Crippen LogP contribution in [0.3, 0.4) is 0 Å². The molecule has 0 amide bonds. The molecule has 5 rings (SSSR count). The third kappa shape index (κ3) is 2.28. The fourth-order valence-electron chi connectivity index (χ4n) is 6.13.